The second-order valence-corrected chi connectivity index (χ2v) is 11.5. The maximum Gasteiger partial charge on any atom is 0.354 e. The molecule has 0 unspecified atom stereocenters. The van der Waals surface area contributed by atoms with Gasteiger partial charge in [-0.2, -0.15) is 4.98 Å². The number of nitrogens with two attached hydrogens (primary N) is 1. The Kier molecular flexibility index (Phi) is 7.26. The lowest BCUT2D eigenvalue weighted by atomic mass is 9.72. The summed E-state index contributed by atoms with van der Waals surface area (Å²) in [4.78, 5) is 47.6. The largest absolute Gasteiger partial charge is 0.354 e. The van der Waals surface area contributed by atoms with E-state index in [4.69, 9.17) is 5.73 Å². The topological polar surface area (TPSA) is 129 Å². The summed E-state index contributed by atoms with van der Waals surface area (Å²) in [5.74, 6) is 0.0566. The minimum atomic E-state index is -0.941. The molecular weight excluding hydrogens is 484 g/mol. The number of piperazine rings is 1. The molecule has 3 aliphatic rings. The van der Waals surface area contributed by atoms with Gasteiger partial charge in [0.15, 0.2) is 0 Å². The van der Waals surface area contributed by atoms with Gasteiger partial charge in [-0.1, -0.05) is 12.1 Å². The molecule has 3 fully saturated rings. The van der Waals surface area contributed by atoms with E-state index in [9.17, 15) is 14.4 Å². The number of piperidine rings is 1. The van der Waals surface area contributed by atoms with Crippen LogP contribution in [0.25, 0.3) is 5.69 Å². The highest BCUT2D eigenvalue weighted by Crippen LogP contribution is 2.39. The Morgan fingerprint density at radius 1 is 1.03 bits per heavy atom. The number of benzene rings is 1. The summed E-state index contributed by atoms with van der Waals surface area (Å²) in [5, 5.41) is 6.14. The number of nitrogens with one attached hydrogen (secondary N) is 2. The van der Waals surface area contributed by atoms with Crippen molar-refractivity contribution in [3.8, 4) is 5.69 Å². The summed E-state index contributed by atoms with van der Waals surface area (Å²) in [7, 11) is 0. The van der Waals surface area contributed by atoms with Crippen LogP contribution in [0.3, 0.4) is 0 Å². The molecule has 5 rings (SSSR count). The van der Waals surface area contributed by atoms with Crippen LogP contribution in [0.1, 0.15) is 32.3 Å². The third-order valence-electron chi connectivity index (χ3n) is 7.85. The van der Waals surface area contributed by atoms with Crippen molar-refractivity contribution in [3.63, 3.8) is 0 Å². The zero-order chi connectivity index (χ0) is 26.9. The maximum atomic E-state index is 12.7. The van der Waals surface area contributed by atoms with Crippen molar-refractivity contribution in [2.45, 2.75) is 38.8 Å². The van der Waals surface area contributed by atoms with E-state index in [1.807, 2.05) is 12.1 Å². The van der Waals surface area contributed by atoms with Crippen molar-refractivity contribution >= 4 is 17.8 Å². The smallest absolute Gasteiger partial charge is 0.338 e. The molecule has 1 aromatic carbocycles. The number of aromatic nitrogens is 2. The van der Waals surface area contributed by atoms with E-state index in [0.717, 1.165) is 38.4 Å². The molecular formula is C27H38N8O3. The first-order chi connectivity index (χ1) is 18.1. The molecule has 2 aromatic rings. The lowest BCUT2D eigenvalue weighted by Gasteiger charge is -2.52. The quantitative estimate of drug-likeness (QED) is 0.531. The Bertz CT molecular complexity index is 1210. The zero-order valence-electron chi connectivity index (χ0n) is 22.3. The molecule has 0 bridgehead atoms. The third-order valence-corrected chi connectivity index (χ3v) is 7.85. The molecule has 1 aromatic heterocycles. The summed E-state index contributed by atoms with van der Waals surface area (Å²) in [6, 6.07) is 9.24. The number of carbonyl (C=O) groups is 2. The molecule has 4 heterocycles. The molecule has 1 spiro atoms. The summed E-state index contributed by atoms with van der Waals surface area (Å²) < 4.78 is 1.46. The average Bonchev–Trinajstić information content (AvgIpc) is 2.88. The third kappa shape index (κ3) is 5.74. The number of urea groups is 1. The van der Waals surface area contributed by atoms with Crippen LogP contribution >= 0.6 is 0 Å². The lowest BCUT2D eigenvalue weighted by Crippen LogP contribution is -2.59. The van der Waals surface area contributed by atoms with Gasteiger partial charge in [0.2, 0.25) is 5.91 Å². The van der Waals surface area contributed by atoms with E-state index in [2.05, 4.69) is 32.7 Å². The number of hydrogen-bond donors (Lipinski definition) is 3. The Labute approximate surface area is 223 Å². The van der Waals surface area contributed by atoms with Crippen molar-refractivity contribution in [2.75, 3.05) is 57.7 Å². The molecule has 204 valence electrons. The van der Waals surface area contributed by atoms with E-state index < -0.39 is 11.2 Å². The number of nitrogens with zero attached hydrogens (tertiary/aromatic N) is 5. The van der Waals surface area contributed by atoms with Gasteiger partial charge < -0.3 is 20.9 Å². The highest BCUT2D eigenvalue weighted by Gasteiger charge is 2.42. The van der Waals surface area contributed by atoms with Crippen LogP contribution < -0.4 is 22.1 Å². The first-order valence-corrected chi connectivity index (χ1v) is 13.4. The van der Waals surface area contributed by atoms with Crippen LogP contribution in [0, 0.1) is 5.41 Å². The van der Waals surface area contributed by atoms with Gasteiger partial charge in [-0.15, -0.1) is 0 Å². The van der Waals surface area contributed by atoms with Crippen LogP contribution in [-0.2, 0) is 11.3 Å². The van der Waals surface area contributed by atoms with Gasteiger partial charge >= 0.3 is 11.7 Å². The van der Waals surface area contributed by atoms with Gasteiger partial charge in [-0.05, 0) is 69.0 Å². The second-order valence-electron chi connectivity index (χ2n) is 11.5. The van der Waals surface area contributed by atoms with Crippen molar-refractivity contribution in [2.24, 2.45) is 11.1 Å². The first-order valence-electron chi connectivity index (χ1n) is 13.4. The molecule has 3 amide bonds. The number of carbonyl (C=O) groups excluding carboxylic acids is 2. The zero-order valence-corrected chi connectivity index (χ0v) is 22.3. The summed E-state index contributed by atoms with van der Waals surface area (Å²) in [6.07, 6.45) is 4.15. The molecule has 11 heteroatoms. The van der Waals surface area contributed by atoms with Crippen LogP contribution in [0.15, 0.2) is 41.3 Å². The maximum absolute atomic E-state index is 12.7. The van der Waals surface area contributed by atoms with Gasteiger partial charge in [0.1, 0.15) is 5.82 Å². The van der Waals surface area contributed by atoms with E-state index in [1.54, 1.807) is 35.9 Å². The highest BCUT2D eigenvalue weighted by molar-refractivity contribution is 5.89. The second kappa shape index (κ2) is 10.5. The van der Waals surface area contributed by atoms with Gasteiger partial charge in [-0.3, -0.25) is 19.6 Å². The average molecular weight is 523 g/mol. The Morgan fingerprint density at radius 2 is 1.66 bits per heavy atom. The van der Waals surface area contributed by atoms with E-state index in [-0.39, 0.29) is 17.8 Å². The molecule has 3 aliphatic heterocycles. The standard InChI is InChI=1S/C27H38N8O3/c1-26(2,28)23(36)33-13-15-34(16-14-33)24(37)30-22-7-12-35(25(38)31-22)21-5-3-20(4-6-21)17-32-18-27(19-32)8-10-29-11-9-27/h3-7,12,29H,8-11,13-19,28H2,1-2H3,(H,30,31,37,38). The van der Waals surface area contributed by atoms with E-state index in [0.29, 0.717) is 31.6 Å². The fraction of sp³-hybridized carbons (Fsp3) is 0.556. The predicted octanol–water partition coefficient (Wildman–Crippen LogP) is 0.831. The molecule has 4 N–H and O–H groups in total. The summed E-state index contributed by atoms with van der Waals surface area (Å²) in [6.45, 7) is 10.4. The fourth-order valence-electron chi connectivity index (χ4n) is 5.69. The van der Waals surface area contributed by atoms with Crippen molar-refractivity contribution in [3.05, 3.63) is 52.6 Å². The minimum absolute atomic E-state index is 0.137. The summed E-state index contributed by atoms with van der Waals surface area (Å²) in [5.41, 5.74) is 6.96. The molecule has 38 heavy (non-hydrogen) atoms. The van der Waals surface area contributed by atoms with Crippen LogP contribution in [-0.4, -0.2) is 94.1 Å². The number of likely N-dealkylation sites (tertiary alicyclic amines) is 1. The Morgan fingerprint density at radius 3 is 2.26 bits per heavy atom. The minimum Gasteiger partial charge on any atom is -0.338 e. The SMILES string of the molecule is CC(C)(N)C(=O)N1CCN(C(=O)Nc2ccn(-c3ccc(CN4CC5(CCNCC5)C4)cc3)c(=O)n2)CC1. The van der Waals surface area contributed by atoms with Crippen LogP contribution in [0.2, 0.25) is 0 Å². The number of hydrogen-bond acceptors (Lipinski definition) is 7. The van der Waals surface area contributed by atoms with Gasteiger partial charge in [0, 0.05) is 52.0 Å². The molecule has 0 saturated carbocycles. The molecule has 0 radical (unpaired) electrons. The van der Waals surface area contributed by atoms with Crippen molar-refractivity contribution < 1.29 is 9.59 Å². The van der Waals surface area contributed by atoms with Crippen LogP contribution in [0.5, 0.6) is 0 Å². The molecule has 0 aliphatic carbocycles. The normalized spacial score (nSPS) is 19.8. The van der Waals surface area contributed by atoms with Gasteiger partial charge in [-0.25, -0.2) is 9.59 Å². The highest BCUT2D eigenvalue weighted by atomic mass is 16.2. The van der Waals surface area contributed by atoms with E-state index >= 15 is 0 Å². The Hall–Kier alpha value is -3.28. The lowest BCUT2D eigenvalue weighted by molar-refractivity contribution is -0.137. The van der Waals surface area contributed by atoms with Crippen LogP contribution in [0.4, 0.5) is 10.6 Å². The molecule has 3 saturated heterocycles. The summed E-state index contributed by atoms with van der Waals surface area (Å²) >= 11 is 0. The predicted molar refractivity (Wildman–Crippen MR) is 145 cm³/mol. The van der Waals surface area contributed by atoms with Gasteiger partial charge in [0.25, 0.3) is 0 Å². The number of rotatable bonds is 5. The first kappa shape index (κ1) is 26.3. The fourth-order valence-corrected chi connectivity index (χ4v) is 5.69. The van der Waals surface area contributed by atoms with E-state index in [1.165, 1.54) is 23.0 Å². The molecule has 0 atom stereocenters. The van der Waals surface area contributed by atoms with Crippen molar-refractivity contribution in [1.82, 2.24) is 29.6 Å². The Balaban J connectivity index is 1.13. The number of amides is 3. The molecule has 11 nitrogen and oxygen atoms in total. The van der Waals surface area contributed by atoms with Crippen molar-refractivity contribution in [1.29, 1.82) is 0 Å². The monoisotopic (exact) mass is 522 g/mol. The van der Waals surface area contributed by atoms with Gasteiger partial charge in [0.05, 0.1) is 11.2 Å². The number of anilines is 1.